The van der Waals surface area contributed by atoms with Crippen molar-refractivity contribution in [2.24, 2.45) is 0 Å². The summed E-state index contributed by atoms with van der Waals surface area (Å²) in [5.74, 6) is 0.299. The number of fused-ring (bicyclic) bond motifs is 1. The van der Waals surface area contributed by atoms with Crippen LogP contribution in [-0.4, -0.2) is 29.2 Å². The van der Waals surface area contributed by atoms with Crippen molar-refractivity contribution in [3.63, 3.8) is 0 Å². The fraction of sp³-hybridized carbons (Fsp3) is 0.192. The molecular weight excluding hydrogens is 484 g/mol. The summed E-state index contributed by atoms with van der Waals surface area (Å²) in [5.41, 5.74) is 3.90. The molecule has 3 N–H and O–H groups in total. The van der Waals surface area contributed by atoms with Gasteiger partial charge in [0.25, 0.3) is 0 Å². The van der Waals surface area contributed by atoms with E-state index < -0.39 is 12.0 Å². The molecule has 1 heterocycles. The summed E-state index contributed by atoms with van der Waals surface area (Å²) in [5, 5.41) is 14.0. The van der Waals surface area contributed by atoms with Crippen molar-refractivity contribution in [1.29, 1.82) is 0 Å². The van der Waals surface area contributed by atoms with Crippen LogP contribution in [0.3, 0.4) is 0 Å². The molecule has 0 spiro atoms. The lowest BCUT2D eigenvalue weighted by atomic mass is 10.0. The Balaban J connectivity index is 1.45. The van der Waals surface area contributed by atoms with E-state index in [0.29, 0.717) is 31.1 Å². The van der Waals surface area contributed by atoms with Crippen LogP contribution in [0.2, 0.25) is 0 Å². The van der Waals surface area contributed by atoms with Crippen LogP contribution in [0.15, 0.2) is 77.4 Å². The molecule has 0 aliphatic rings. The van der Waals surface area contributed by atoms with E-state index in [-0.39, 0.29) is 0 Å². The van der Waals surface area contributed by atoms with Gasteiger partial charge in [0.1, 0.15) is 12.6 Å². The Morgan fingerprint density at radius 1 is 1.09 bits per heavy atom. The number of carboxylic acids is 1. The third-order valence-corrected chi connectivity index (χ3v) is 6.05. The summed E-state index contributed by atoms with van der Waals surface area (Å²) < 4.78 is 12.3. The molecule has 3 aromatic carbocycles. The van der Waals surface area contributed by atoms with Crippen molar-refractivity contribution in [1.82, 2.24) is 10.3 Å². The zero-order valence-corrected chi connectivity index (χ0v) is 19.8. The largest absolute Gasteiger partial charge is 0.493 e. The molecule has 1 atom stereocenters. The first-order chi connectivity index (χ1) is 16.0. The highest BCUT2D eigenvalue weighted by Gasteiger charge is 2.20. The molecule has 7 heteroatoms. The van der Waals surface area contributed by atoms with Crippen molar-refractivity contribution in [3.8, 4) is 11.5 Å². The number of rotatable bonds is 10. The van der Waals surface area contributed by atoms with Gasteiger partial charge >= 0.3 is 5.97 Å². The maximum Gasteiger partial charge on any atom is 0.321 e. The number of halogens is 1. The Morgan fingerprint density at radius 3 is 2.61 bits per heavy atom. The lowest BCUT2D eigenvalue weighted by Crippen LogP contribution is -2.38. The molecule has 0 aliphatic carbocycles. The molecule has 1 aromatic heterocycles. The Hall–Kier alpha value is -3.29. The number of carboxylic acid groups (broad SMARTS) is 1. The van der Waals surface area contributed by atoms with Gasteiger partial charge in [0, 0.05) is 30.1 Å². The number of methoxy groups -OCH3 is 1. The van der Waals surface area contributed by atoms with Gasteiger partial charge < -0.3 is 24.9 Å². The van der Waals surface area contributed by atoms with E-state index in [0.717, 1.165) is 32.1 Å². The van der Waals surface area contributed by atoms with Crippen molar-refractivity contribution in [3.05, 3.63) is 94.1 Å². The number of H-pyrrole nitrogens is 1. The first-order valence-electron chi connectivity index (χ1n) is 10.6. The zero-order valence-electron chi connectivity index (χ0n) is 18.2. The zero-order chi connectivity index (χ0) is 23.2. The molecule has 1 unspecified atom stereocenters. The van der Waals surface area contributed by atoms with E-state index in [9.17, 15) is 9.90 Å². The molecule has 0 fully saturated rings. The SMILES string of the molecule is COc1cc(CNC(Cc2c[nH]c3ccccc23)C(=O)O)cc(Br)c1OCc1ccccc1. The Labute approximate surface area is 200 Å². The number of aromatic amines is 1. The van der Waals surface area contributed by atoms with Crippen LogP contribution < -0.4 is 14.8 Å². The smallest absolute Gasteiger partial charge is 0.321 e. The fourth-order valence-electron chi connectivity index (χ4n) is 3.75. The maximum absolute atomic E-state index is 11.9. The monoisotopic (exact) mass is 508 g/mol. The van der Waals surface area contributed by atoms with Gasteiger partial charge in [0.05, 0.1) is 11.6 Å². The number of nitrogens with one attached hydrogen (secondary N) is 2. The number of hydrogen-bond acceptors (Lipinski definition) is 4. The minimum absolute atomic E-state index is 0.368. The van der Waals surface area contributed by atoms with Crippen LogP contribution in [-0.2, 0) is 24.4 Å². The van der Waals surface area contributed by atoms with E-state index in [1.165, 1.54) is 0 Å². The molecule has 0 saturated carbocycles. The molecule has 6 nitrogen and oxygen atoms in total. The third-order valence-electron chi connectivity index (χ3n) is 5.46. The first kappa shape index (κ1) is 22.9. The van der Waals surface area contributed by atoms with E-state index in [4.69, 9.17) is 9.47 Å². The van der Waals surface area contributed by atoms with Gasteiger partial charge in [0.15, 0.2) is 11.5 Å². The number of benzene rings is 3. The molecule has 4 rings (SSSR count). The molecule has 0 aliphatic heterocycles. The van der Waals surface area contributed by atoms with Crippen LogP contribution in [0.1, 0.15) is 16.7 Å². The lowest BCUT2D eigenvalue weighted by Gasteiger charge is -2.17. The highest BCUT2D eigenvalue weighted by atomic mass is 79.9. The van der Waals surface area contributed by atoms with Gasteiger partial charge in [-0.3, -0.25) is 4.79 Å². The summed E-state index contributed by atoms with van der Waals surface area (Å²) in [6.07, 6.45) is 2.25. The highest BCUT2D eigenvalue weighted by Crippen LogP contribution is 2.37. The Morgan fingerprint density at radius 2 is 1.85 bits per heavy atom. The predicted octanol–water partition coefficient (Wildman–Crippen LogP) is 5.30. The Kier molecular flexibility index (Phi) is 7.32. The van der Waals surface area contributed by atoms with Crippen molar-refractivity contribution in [2.45, 2.75) is 25.6 Å². The summed E-state index contributed by atoms with van der Waals surface area (Å²) >= 11 is 3.57. The number of hydrogen-bond donors (Lipinski definition) is 3. The minimum Gasteiger partial charge on any atom is -0.493 e. The van der Waals surface area contributed by atoms with E-state index >= 15 is 0 Å². The summed E-state index contributed by atoms with van der Waals surface area (Å²) in [4.78, 5) is 15.1. The van der Waals surface area contributed by atoms with Gasteiger partial charge in [-0.15, -0.1) is 0 Å². The second-order valence-corrected chi connectivity index (χ2v) is 8.57. The van der Waals surface area contributed by atoms with Crippen LogP contribution >= 0.6 is 15.9 Å². The van der Waals surface area contributed by atoms with Crippen LogP contribution in [0, 0.1) is 0 Å². The molecular formula is C26H25BrN2O4. The topological polar surface area (TPSA) is 83.6 Å². The maximum atomic E-state index is 11.9. The number of aliphatic carboxylic acids is 1. The second kappa shape index (κ2) is 10.6. The van der Waals surface area contributed by atoms with Crippen molar-refractivity contribution >= 4 is 32.8 Å². The fourth-order valence-corrected chi connectivity index (χ4v) is 4.36. The van der Waals surface area contributed by atoms with Crippen LogP contribution in [0.5, 0.6) is 11.5 Å². The van der Waals surface area contributed by atoms with Gasteiger partial charge in [-0.25, -0.2) is 0 Å². The van der Waals surface area contributed by atoms with Crippen molar-refractivity contribution < 1.29 is 19.4 Å². The average molecular weight is 509 g/mol. The van der Waals surface area contributed by atoms with E-state index in [1.807, 2.05) is 72.9 Å². The molecule has 0 radical (unpaired) electrons. The quantitative estimate of drug-likeness (QED) is 0.270. The normalized spacial score (nSPS) is 11.9. The molecule has 4 aromatic rings. The number of para-hydroxylation sites is 1. The van der Waals surface area contributed by atoms with Crippen molar-refractivity contribution in [2.75, 3.05) is 7.11 Å². The standard InChI is InChI=1S/C26H25BrN2O4/c1-32-24-12-18(11-21(27)25(24)33-16-17-7-3-2-4-8-17)14-28-23(26(30)31)13-19-15-29-22-10-6-5-9-20(19)22/h2-12,15,23,28-29H,13-14,16H2,1H3,(H,30,31). The van der Waals surface area contributed by atoms with Crippen LogP contribution in [0.4, 0.5) is 0 Å². The van der Waals surface area contributed by atoms with Gasteiger partial charge in [0.2, 0.25) is 0 Å². The minimum atomic E-state index is -0.894. The lowest BCUT2D eigenvalue weighted by molar-refractivity contribution is -0.139. The molecule has 0 saturated heterocycles. The molecule has 0 bridgehead atoms. The van der Waals surface area contributed by atoms with Gasteiger partial charge in [-0.05, 0) is 50.8 Å². The van der Waals surface area contributed by atoms with Gasteiger partial charge in [-0.2, -0.15) is 0 Å². The second-order valence-electron chi connectivity index (χ2n) is 7.72. The molecule has 170 valence electrons. The summed E-state index contributed by atoms with van der Waals surface area (Å²) in [6, 6.07) is 20.8. The van der Waals surface area contributed by atoms with E-state index in [1.54, 1.807) is 7.11 Å². The number of aromatic nitrogens is 1. The average Bonchev–Trinajstić information content (AvgIpc) is 3.24. The van der Waals surface area contributed by atoms with Crippen LogP contribution in [0.25, 0.3) is 10.9 Å². The number of ether oxygens (including phenoxy) is 2. The van der Waals surface area contributed by atoms with E-state index in [2.05, 4.69) is 26.2 Å². The molecule has 33 heavy (non-hydrogen) atoms. The summed E-state index contributed by atoms with van der Waals surface area (Å²) in [7, 11) is 1.59. The molecule has 0 amide bonds. The summed E-state index contributed by atoms with van der Waals surface area (Å²) in [6.45, 7) is 0.784. The predicted molar refractivity (Wildman–Crippen MR) is 132 cm³/mol. The Bertz CT molecular complexity index is 1240. The first-order valence-corrected chi connectivity index (χ1v) is 11.4. The number of carbonyl (C=O) groups is 1. The third kappa shape index (κ3) is 5.56. The highest BCUT2D eigenvalue weighted by molar-refractivity contribution is 9.10. The van der Waals surface area contributed by atoms with Gasteiger partial charge in [-0.1, -0.05) is 48.5 Å².